The van der Waals surface area contributed by atoms with E-state index in [-0.39, 0.29) is 0 Å². The normalized spacial score (nSPS) is 10.8. The first-order chi connectivity index (χ1) is 8.79. The van der Waals surface area contributed by atoms with Crippen molar-refractivity contribution in [3.05, 3.63) is 54.1 Å². The Bertz CT molecular complexity index is 537. The summed E-state index contributed by atoms with van der Waals surface area (Å²) < 4.78 is 5.81. The average Bonchev–Trinajstić information content (AvgIpc) is 2.40. The number of benzene rings is 2. The van der Waals surface area contributed by atoms with Gasteiger partial charge < -0.3 is 4.74 Å². The number of ether oxygens (including phenoxy) is 1. The van der Waals surface area contributed by atoms with E-state index in [0.29, 0.717) is 0 Å². The van der Waals surface area contributed by atoms with E-state index in [1.165, 1.54) is 0 Å². The van der Waals surface area contributed by atoms with Gasteiger partial charge in [0.1, 0.15) is 11.5 Å². The molecule has 18 heavy (non-hydrogen) atoms. The maximum absolute atomic E-state index is 5.81. The van der Waals surface area contributed by atoms with Crippen molar-refractivity contribution in [2.45, 2.75) is 6.92 Å². The van der Waals surface area contributed by atoms with Crippen LogP contribution in [0.4, 0.5) is 5.69 Å². The standard InChI is InChI=1S/C15H15NOS/c1-12-10-13(16-11-18-2)8-9-15(12)17-14-6-4-3-5-7-14/h3-11H,1-2H3/b16-11+. The second-order valence-electron chi connectivity index (χ2n) is 3.84. The monoisotopic (exact) mass is 257 g/mol. The fourth-order valence-electron chi connectivity index (χ4n) is 1.56. The van der Waals surface area contributed by atoms with E-state index in [1.54, 1.807) is 11.8 Å². The predicted molar refractivity (Wildman–Crippen MR) is 79.4 cm³/mol. The van der Waals surface area contributed by atoms with Gasteiger partial charge in [0.05, 0.1) is 11.2 Å². The minimum absolute atomic E-state index is 0.848. The van der Waals surface area contributed by atoms with Gasteiger partial charge in [-0.05, 0) is 49.1 Å². The molecule has 0 fully saturated rings. The maximum Gasteiger partial charge on any atom is 0.130 e. The van der Waals surface area contributed by atoms with Crippen LogP contribution in [0.25, 0.3) is 0 Å². The molecule has 2 rings (SSSR count). The fraction of sp³-hybridized carbons (Fsp3) is 0.133. The highest BCUT2D eigenvalue weighted by Gasteiger charge is 2.01. The molecule has 0 saturated heterocycles. The Morgan fingerprint density at radius 2 is 1.89 bits per heavy atom. The summed E-state index contributed by atoms with van der Waals surface area (Å²) in [6.45, 7) is 2.02. The molecule has 0 amide bonds. The van der Waals surface area contributed by atoms with Crippen LogP contribution >= 0.6 is 11.8 Å². The van der Waals surface area contributed by atoms with Crippen LogP contribution in [-0.4, -0.2) is 11.8 Å². The number of aliphatic imine (C=N–C) groups is 1. The number of thioether (sulfide) groups is 1. The van der Waals surface area contributed by atoms with Crippen LogP contribution in [0, 0.1) is 6.92 Å². The molecule has 0 aliphatic carbocycles. The largest absolute Gasteiger partial charge is 0.457 e. The highest BCUT2D eigenvalue weighted by atomic mass is 32.2. The SMILES string of the molecule is CS/C=N/c1ccc(Oc2ccccc2)c(C)c1. The molecule has 2 aromatic rings. The van der Waals surface area contributed by atoms with Crippen LogP contribution in [0.2, 0.25) is 0 Å². The summed E-state index contributed by atoms with van der Waals surface area (Å²) in [4.78, 5) is 4.32. The molecule has 3 heteroatoms. The summed E-state index contributed by atoms with van der Waals surface area (Å²) in [6, 6.07) is 15.7. The van der Waals surface area contributed by atoms with Crippen LogP contribution in [0.15, 0.2) is 53.5 Å². The number of hydrogen-bond acceptors (Lipinski definition) is 3. The summed E-state index contributed by atoms with van der Waals surface area (Å²) in [5, 5.41) is 0. The Labute approximate surface area is 112 Å². The van der Waals surface area contributed by atoms with Gasteiger partial charge in [-0.1, -0.05) is 18.2 Å². The lowest BCUT2D eigenvalue weighted by Crippen LogP contribution is -1.86. The highest BCUT2D eigenvalue weighted by Crippen LogP contribution is 2.28. The number of aryl methyl sites for hydroxylation is 1. The molecule has 2 nitrogen and oxygen atoms in total. The molecule has 0 saturated carbocycles. The van der Waals surface area contributed by atoms with E-state index in [1.807, 2.05) is 67.3 Å². The third-order valence-corrected chi connectivity index (χ3v) is 2.75. The summed E-state index contributed by atoms with van der Waals surface area (Å²) in [6.07, 6.45) is 1.99. The lowest BCUT2D eigenvalue weighted by molar-refractivity contribution is 0.479. The van der Waals surface area contributed by atoms with Crippen molar-refractivity contribution >= 4 is 23.0 Å². The number of rotatable bonds is 4. The zero-order valence-electron chi connectivity index (χ0n) is 10.5. The van der Waals surface area contributed by atoms with Crippen molar-refractivity contribution < 1.29 is 4.74 Å². The van der Waals surface area contributed by atoms with Gasteiger partial charge in [-0.15, -0.1) is 11.8 Å². The third-order valence-electron chi connectivity index (χ3n) is 2.44. The Morgan fingerprint density at radius 1 is 1.11 bits per heavy atom. The van der Waals surface area contributed by atoms with Crippen LogP contribution in [0.5, 0.6) is 11.5 Å². The zero-order chi connectivity index (χ0) is 12.8. The molecule has 0 N–H and O–H groups in total. The summed E-state index contributed by atoms with van der Waals surface area (Å²) >= 11 is 1.59. The Hall–Kier alpha value is -1.74. The predicted octanol–water partition coefficient (Wildman–Crippen LogP) is 4.81. The van der Waals surface area contributed by atoms with E-state index >= 15 is 0 Å². The molecule has 0 heterocycles. The van der Waals surface area contributed by atoms with Crippen molar-refractivity contribution in [1.82, 2.24) is 0 Å². The molecule has 0 aromatic heterocycles. The molecule has 0 aliphatic rings. The van der Waals surface area contributed by atoms with Crippen molar-refractivity contribution in [3.8, 4) is 11.5 Å². The van der Waals surface area contributed by atoms with Crippen LogP contribution < -0.4 is 4.74 Å². The quantitative estimate of drug-likeness (QED) is 0.579. The van der Waals surface area contributed by atoms with Crippen molar-refractivity contribution in [2.24, 2.45) is 4.99 Å². The second kappa shape index (κ2) is 6.26. The average molecular weight is 257 g/mol. The molecule has 92 valence electrons. The van der Waals surface area contributed by atoms with Crippen molar-refractivity contribution in [3.63, 3.8) is 0 Å². The Morgan fingerprint density at radius 3 is 2.56 bits per heavy atom. The number of hydrogen-bond donors (Lipinski definition) is 0. The third kappa shape index (κ3) is 3.37. The van der Waals surface area contributed by atoms with Crippen LogP contribution in [0.1, 0.15) is 5.56 Å². The molecule has 0 radical (unpaired) electrons. The van der Waals surface area contributed by atoms with Gasteiger partial charge in [0, 0.05) is 0 Å². The summed E-state index contributed by atoms with van der Waals surface area (Å²) in [7, 11) is 0. The summed E-state index contributed by atoms with van der Waals surface area (Å²) in [5.41, 5.74) is 3.85. The van der Waals surface area contributed by atoms with Gasteiger partial charge in [0.25, 0.3) is 0 Å². The Balaban J connectivity index is 2.17. The fourth-order valence-corrected chi connectivity index (χ4v) is 1.78. The molecule has 2 aromatic carbocycles. The van der Waals surface area contributed by atoms with E-state index in [4.69, 9.17) is 4.74 Å². The van der Waals surface area contributed by atoms with Gasteiger partial charge in [0.15, 0.2) is 0 Å². The first-order valence-corrected chi connectivity index (χ1v) is 6.97. The van der Waals surface area contributed by atoms with Gasteiger partial charge in [0.2, 0.25) is 0 Å². The summed E-state index contributed by atoms with van der Waals surface area (Å²) in [5.74, 6) is 1.71. The van der Waals surface area contributed by atoms with E-state index in [9.17, 15) is 0 Å². The van der Waals surface area contributed by atoms with Gasteiger partial charge in [-0.2, -0.15) is 0 Å². The highest BCUT2D eigenvalue weighted by molar-refractivity contribution is 8.11. The minimum atomic E-state index is 0.848. The number of para-hydroxylation sites is 1. The second-order valence-corrected chi connectivity index (χ2v) is 4.52. The smallest absolute Gasteiger partial charge is 0.130 e. The molecular weight excluding hydrogens is 242 g/mol. The van der Waals surface area contributed by atoms with Gasteiger partial charge in [-0.25, -0.2) is 0 Å². The molecule has 0 bridgehead atoms. The molecule has 0 aliphatic heterocycles. The van der Waals surface area contributed by atoms with Crippen LogP contribution in [-0.2, 0) is 0 Å². The van der Waals surface area contributed by atoms with E-state index in [2.05, 4.69) is 4.99 Å². The first kappa shape index (κ1) is 12.7. The Kier molecular flexibility index (Phi) is 4.42. The lowest BCUT2D eigenvalue weighted by Gasteiger charge is -2.08. The van der Waals surface area contributed by atoms with Crippen molar-refractivity contribution in [2.75, 3.05) is 6.26 Å². The van der Waals surface area contributed by atoms with Crippen molar-refractivity contribution in [1.29, 1.82) is 0 Å². The molecular formula is C15H15NOS. The lowest BCUT2D eigenvalue weighted by atomic mass is 10.2. The zero-order valence-corrected chi connectivity index (χ0v) is 11.3. The first-order valence-electron chi connectivity index (χ1n) is 5.68. The molecule has 0 spiro atoms. The van der Waals surface area contributed by atoms with E-state index < -0.39 is 0 Å². The minimum Gasteiger partial charge on any atom is -0.457 e. The van der Waals surface area contributed by atoms with Gasteiger partial charge >= 0.3 is 0 Å². The molecule has 0 atom stereocenters. The number of nitrogens with zero attached hydrogens (tertiary/aromatic N) is 1. The maximum atomic E-state index is 5.81. The van der Waals surface area contributed by atoms with Gasteiger partial charge in [-0.3, -0.25) is 4.99 Å². The molecule has 0 unspecified atom stereocenters. The van der Waals surface area contributed by atoms with Crippen LogP contribution in [0.3, 0.4) is 0 Å². The topological polar surface area (TPSA) is 21.6 Å². The van der Waals surface area contributed by atoms with E-state index in [0.717, 1.165) is 22.7 Å².